The lowest BCUT2D eigenvalue weighted by Crippen LogP contribution is -2.26. The Bertz CT molecular complexity index is 818. The van der Waals surface area contributed by atoms with E-state index in [-0.39, 0.29) is 35.8 Å². The van der Waals surface area contributed by atoms with Crippen LogP contribution in [0.25, 0.3) is 0 Å². The van der Waals surface area contributed by atoms with Crippen LogP contribution >= 0.6 is 0 Å². The largest absolute Gasteiger partial charge is 0.394 e. The van der Waals surface area contributed by atoms with E-state index in [4.69, 9.17) is 86.6 Å². The van der Waals surface area contributed by atoms with Gasteiger partial charge in [0.05, 0.1) is 0 Å². The maximum atomic E-state index is 8.74. The van der Waals surface area contributed by atoms with Crippen LogP contribution in [0.4, 0.5) is 0 Å². The monoisotopic (exact) mass is 541 g/mol. The number of nitrogens with two attached hydrogens (primary N) is 9. The van der Waals surface area contributed by atoms with Crippen LogP contribution in [0.2, 0.25) is 0 Å². The summed E-state index contributed by atoms with van der Waals surface area (Å²) in [6.45, 7) is 0. The van der Waals surface area contributed by atoms with Crippen molar-refractivity contribution in [1.82, 2.24) is 0 Å². The molecule has 202 valence electrons. The van der Waals surface area contributed by atoms with E-state index < -0.39 is 20.8 Å². The van der Waals surface area contributed by atoms with Gasteiger partial charge >= 0.3 is 20.8 Å². The van der Waals surface area contributed by atoms with Crippen molar-refractivity contribution in [3.63, 3.8) is 0 Å². The molecule has 0 bridgehead atoms. The van der Waals surface area contributed by atoms with Gasteiger partial charge in [-0.05, 0) is 0 Å². The van der Waals surface area contributed by atoms with Crippen molar-refractivity contribution in [2.24, 2.45) is 81.6 Å². The molecule has 0 fully saturated rings. The highest BCUT2D eigenvalue weighted by molar-refractivity contribution is 7.80. The predicted octanol–water partition coefficient (Wildman–Crippen LogP) is -6.69. The van der Waals surface area contributed by atoms with E-state index in [9.17, 15) is 0 Å². The fourth-order valence-electron chi connectivity index (χ4n) is 0.547. The highest BCUT2D eigenvalue weighted by atomic mass is 32.3. The van der Waals surface area contributed by atoms with Crippen LogP contribution in [-0.4, -0.2) is 91.9 Å². The molecule has 0 saturated carbocycles. The molecule has 0 rings (SSSR count). The lowest BCUT2D eigenvalue weighted by molar-refractivity contribution is 0.378. The van der Waals surface area contributed by atoms with Gasteiger partial charge in [0.25, 0.3) is 0 Å². The van der Waals surface area contributed by atoms with Gasteiger partial charge in [0, 0.05) is 21.1 Å². The first kappa shape index (κ1) is 40.3. The molecule has 0 aliphatic carbocycles. The third-order valence-corrected chi connectivity index (χ3v) is 1.42. The zero-order valence-electron chi connectivity index (χ0n) is 18.1. The second-order valence-corrected chi connectivity index (χ2v) is 6.04. The molecular weight excluding hydrogens is 510 g/mol. The molecule has 34 heavy (non-hydrogen) atoms. The van der Waals surface area contributed by atoms with E-state index in [0.29, 0.717) is 0 Å². The van der Waals surface area contributed by atoms with Gasteiger partial charge in [-0.3, -0.25) is 33.2 Å². The average molecular weight is 542 g/mol. The third kappa shape index (κ3) is 104. The minimum Gasteiger partial charge on any atom is -0.370 e. The summed E-state index contributed by atoms with van der Waals surface area (Å²) in [7, 11) is -4.83. The summed E-state index contributed by atoms with van der Waals surface area (Å²) in [5.41, 5.74) is 44.8. The summed E-state index contributed by atoms with van der Waals surface area (Å²) in [4.78, 5) is 20.6. The summed E-state index contributed by atoms with van der Waals surface area (Å²) >= 11 is 0. The molecule has 0 heterocycles. The first-order valence-electron chi connectivity index (χ1n) is 7.35. The van der Waals surface area contributed by atoms with Crippen LogP contribution in [0.3, 0.4) is 0 Å². The number of aliphatic imine (C=N–C) groups is 6. The van der Waals surface area contributed by atoms with Crippen LogP contribution in [0.5, 0.6) is 0 Å². The van der Waals surface area contributed by atoms with Gasteiger partial charge in [0.1, 0.15) is 0 Å². The second-order valence-electron chi connectivity index (χ2n) is 4.25. The molecule has 0 amide bonds. The molecule has 0 radical (unpaired) electrons. The lowest BCUT2D eigenvalue weighted by Gasteiger charge is -1.88. The molecule has 0 unspecified atom stereocenters. The van der Waals surface area contributed by atoms with E-state index >= 15 is 0 Å². The van der Waals surface area contributed by atoms with E-state index in [1.54, 1.807) is 0 Å². The van der Waals surface area contributed by atoms with Crippen molar-refractivity contribution in [1.29, 1.82) is 0 Å². The van der Waals surface area contributed by atoms with Crippen molar-refractivity contribution in [2.75, 3.05) is 21.1 Å². The van der Waals surface area contributed by atoms with Gasteiger partial charge in [0.15, 0.2) is 17.9 Å². The highest BCUT2D eigenvalue weighted by Crippen LogP contribution is 1.65. The van der Waals surface area contributed by atoms with Crippen LogP contribution < -0.4 is 51.6 Å². The Balaban J connectivity index is -0.000000105. The van der Waals surface area contributed by atoms with Crippen molar-refractivity contribution < 1.29 is 35.0 Å². The summed E-state index contributed by atoms with van der Waals surface area (Å²) in [6.07, 6.45) is 0. The Morgan fingerprint density at radius 2 is 0.588 bits per heavy atom. The second kappa shape index (κ2) is 22.2. The SMILES string of the molecule is CN=C(N)N=C(N)N.CN=C(N)N=C(N)N.CN=C(N)N=C(N)N.O=S(=O)(O)O.O=S(=O)(O)O. The van der Waals surface area contributed by atoms with Gasteiger partial charge in [-0.25, -0.2) is 0 Å². The molecule has 0 aliphatic rings. The van der Waals surface area contributed by atoms with Gasteiger partial charge in [0.2, 0.25) is 17.9 Å². The van der Waals surface area contributed by atoms with Crippen molar-refractivity contribution in [3.05, 3.63) is 0 Å². The quantitative estimate of drug-likeness (QED) is 0.0769. The zero-order chi connectivity index (χ0) is 28.7. The van der Waals surface area contributed by atoms with Crippen LogP contribution in [0.15, 0.2) is 30.0 Å². The van der Waals surface area contributed by atoms with Gasteiger partial charge in [-0.1, -0.05) is 0 Å². The minimum absolute atomic E-state index is 0.0758. The molecule has 0 aromatic carbocycles. The maximum absolute atomic E-state index is 8.74. The Hall–Kier alpha value is -4.04. The number of rotatable bonds is 0. The van der Waals surface area contributed by atoms with Crippen LogP contribution in [0.1, 0.15) is 0 Å². The van der Waals surface area contributed by atoms with Crippen LogP contribution in [0, 0.1) is 0 Å². The molecule has 25 heteroatoms. The topological polar surface area (TPSA) is 458 Å². The first-order chi connectivity index (χ1) is 15.0. The Morgan fingerprint density at radius 3 is 0.618 bits per heavy atom. The Kier molecular flexibility index (Phi) is 26.3. The summed E-state index contributed by atoms with van der Waals surface area (Å²) in [5, 5.41) is 0. The van der Waals surface area contributed by atoms with Crippen LogP contribution in [-0.2, 0) is 20.8 Å². The Labute approximate surface area is 194 Å². The molecule has 23 nitrogen and oxygen atoms in total. The predicted molar refractivity (Wildman–Crippen MR) is 128 cm³/mol. The van der Waals surface area contributed by atoms with Gasteiger partial charge in [-0.15, -0.1) is 0 Å². The summed E-state index contributed by atoms with van der Waals surface area (Å²) < 4.78 is 63.2. The fraction of sp³-hybridized carbons (Fsp3) is 0.333. The van der Waals surface area contributed by atoms with Crippen molar-refractivity contribution >= 4 is 56.6 Å². The number of hydrogen-bond donors (Lipinski definition) is 13. The van der Waals surface area contributed by atoms with Gasteiger partial charge in [-0.2, -0.15) is 31.8 Å². The maximum Gasteiger partial charge on any atom is 0.394 e. The van der Waals surface area contributed by atoms with E-state index in [1.807, 2.05) is 0 Å². The molecule has 0 aromatic heterocycles. The smallest absolute Gasteiger partial charge is 0.370 e. The Morgan fingerprint density at radius 1 is 0.471 bits per heavy atom. The molecule has 0 aromatic rings. The average Bonchev–Trinajstić information content (AvgIpc) is 2.58. The molecule has 22 N–H and O–H groups in total. The summed E-state index contributed by atoms with van der Waals surface area (Å²) in [5.74, 6) is 0.0364. The molecule has 0 spiro atoms. The number of nitrogens with zero attached hydrogens (tertiary/aromatic N) is 6. The molecule has 0 atom stereocenters. The zero-order valence-corrected chi connectivity index (χ0v) is 19.8. The first-order valence-corrected chi connectivity index (χ1v) is 10.1. The van der Waals surface area contributed by atoms with Crippen molar-refractivity contribution in [2.45, 2.75) is 0 Å². The minimum atomic E-state index is -4.67. The van der Waals surface area contributed by atoms with E-state index in [2.05, 4.69) is 30.0 Å². The lowest BCUT2D eigenvalue weighted by atomic mass is 10.9. The normalized spacial score (nSPS) is 11.1. The number of hydrogen-bond acceptors (Lipinski definition) is 7. The molecule has 0 aliphatic heterocycles. The van der Waals surface area contributed by atoms with E-state index in [0.717, 1.165) is 0 Å². The summed E-state index contributed by atoms with van der Waals surface area (Å²) in [6, 6.07) is 0. The van der Waals surface area contributed by atoms with E-state index in [1.165, 1.54) is 21.1 Å². The van der Waals surface area contributed by atoms with Crippen molar-refractivity contribution in [3.8, 4) is 0 Å². The molecule has 0 saturated heterocycles. The molecular formula is C9H31N15O8S2. The standard InChI is InChI=1S/3C3H9N5.2H2O4S/c3*1-7-3(6)8-2(4)5;2*1-5(2,3)4/h3*1H3,(H6,4,5,6,7,8);2*(H2,1,2,3,4). The highest BCUT2D eigenvalue weighted by Gasteiger charge is 1.85. The fourth-order valence-corrected chi connectivity index (χ4v) is 0.547. The third-order valence-electron chi connectivity index (χ3n) is 1.42. The number of guanidine groups is 6. The van der Waals surface area contributed by atoms with Gasteiger partial charge < -0.3 is 51.6 Å².